The van der Waals surface area contributed by atoms with Crippen LogP contribution < -0.4 is 0 Å². The van der Waals surface area contributed by atoms with Crippen LogP contribution >= 0.6 is 11.8 Å². The molecule has 1 atom stereocenters. The maximum Gasteiger partial charge on any atom is 0.238 e. The second-order valence-corrected chi connectivity index (χ2v) is 6.49. The summed E-state index contributed by atoms with van der Waals surface area (Å²) in [5, 5.41) is 0. The number of thioether (sulfide) groups is 1. The van der Waals surface area contributed by atoms with E-state index in [4.69, 9.17) is 0 Å². The second-order valence-electron chi connectivity index (χ2n) is 4.89. The lowest BCUT2D eigenvalue weighted by Gasteiger charge is -2.30. The van der Waals surface area contributed by atoms with Crippen LogP contribution in [0.15, 0.2) is 0 Å². The number of rotatable bonds is 1. The number of carbonyl (C=O) groups is 1. The van der Waals surface area contributed by atoms with Crippen molar-refractivity contribution in [3.8, 4) is 0 Å². The number of carbonyl (C=O) groups excluding carboxylic acids is 1. The zero-order chi connectivity index (χ0) is 10.7. The Balaban J connectivity index is 1.98. The van der Waals surface area contributed by atoms with Crippen molar-refractivity contribution in [1.29, 1.82) is 0 Å². The minimum Gasteiger partial charge on any atom is -0.342 e. The lowest BCUT2D eigenvalue weighted by Crippen LogP contribution is -2.44. The molecule has 0 aliphatic carbocycles. The zero-order valence-corrected chi connectivity index (χ0v) is 10.4. The van der Waals surface area contributed by atoms with E-state index in [0.29, 0.717) is 5.91 Å². The quantitative estimate of drug-likeness (QED) is 0.686. The number of hydrogen-bond acceptors (Lipinski definition) is 2. The molecular formula is C12H21NOS. The van der Waals surface area contributed by atoms with Gasteiger partial charge < -0.3 is 4.90 Å². The van der Waals surface area contributed by atoms with Crippen molar-refractivity contribution in [3.63, 3.8) is 0 Å². The van der Waals surface area contributed by atoms with Gasteiger partial charge in [-0.25, -0.2) is 0 Å². The molecule has 0 radical (unpaired) electrons. The molecule has 2 heterocycles. The summed E-state index contributed by atoms with van der Waals surface area (Å²) >= 11 is 1.86. The highest BCUT2D eigenvalue weighted by molar-refractivity contribution is 8.01. The van der Waals surface area contributed by atoms with Gasteiger partial charge in [0.25, 0.3) is 0 Å². The van der Waals surface area contributed by atoms with E-state index in [0.717, 1.165) is 25.3 Å². The third kappa shape index (κ3) is 2.49. The minimum absolute atomic E-state index is 0.0929. The highest BCUT2D eigenvalue weighted by atomic mass is 32.2. The van der Waals surface area contributed by atoms with E-state index in [1.54, 1.807) is 0 Å². The lowest BCUT2D eigenvalue weighted by atomic mass is 10.0. The molecule has 0 bridgehead atoms. The van der Waals surface area contributed by atoms with Crippen LogP contribution in [0.25, 0.3) is 0 Å². The molecule has 0 aromatic heterocycles. The van der Waals surface area contributed by atoms with Crippen molar-refractivity contribution in [2.24, 2.45) is 0 Å². The molecular weight excluding hydrogens is 206 g/mol. The number of likely N-dealkylation sites (tertiary alicyclic amines) is 1. The first-order valence-electron chi connectivity index (χ1n) is 6.16. The molecule has 0 aromatic rings. The fourth-order valence-corrected chi connectivity index (χ4v) is 3.84. The predicted molar refractivity (Wildman–Crippen MR) is 65.1 cm³/mol. The van der Waals surface area contributed by atoms with Gasteiger partial charge in [0.1, 0.15) is 0 Å². The third-order valence-corrected chi connectivity index (χ3v) is 5.07. The summed E-state index contributed by atoms with van der Waals surface area (Å²) in [6.45, 7) is 4.13. The van der Waals surface area contributed by atoms with Crippen molar-refractivity contribution in [2.45, 2.75) is 50.2 Å². The molecule has 2 fully saturated rings. The van der Waals surface area contributed by atoms with Gasteiger partial charge in [-0.05, 0) is 38.4 Å². The number of hydrogen-bond donors (Lipinski definition) is 0. The first-order valence-corrected chi connectivity index (χ1v) is 7.14. The molecule has 1 amide bonds. The van der Waals surface area contributed by atoms with E-state index in [1.807, 2.05) is 11.8 Å². The normalized spacial score (nSPS) is 32.7. The Morgan fingerprint density at radius 2 is 1.80 bits per heavy atom. The van der Waals surface area contributed by atoms with Crippen LogP contribution in [0.4, 0.5) is 0 Å². The predicted octanol–water partition coefficient (Wildman–Crippen LogP) is 2.67. The molecule has 0 aromatic carbocycles. The van der Waals surface area contributed by atoms with Crippen LogP contribution in [0, 0.1) is 0 Å². The molecule has 0 N–H and O–H groups in total. The smallest absolute Gasteiger partial charge is 0.238 e. The van der Waals surface area contributed by atoms with Gasteiger partial charge in [0.2, 0.25) is 5.91 Å². The maximum absolute atomic E-state index is 12.4. The summed E-state index contributed by atoms with van der Waals surface area (Å²) in [7, 11) is 0. The summed E-state index contributed by atoms with van der Waals surface area (Å²) in [6.07, 6.45) is 7.29. The Kier molecular flexibility index (Phi) is 3.60. The summed E-state index contributed by atoms with van der Waals surface area (Å²) in [4.78, 5) is 14.5. The molecule has 2 nitrogen and oxygen atoms in total. The Morgan fingerprint density at radius 3 is 2.33 bits per heavy atom. The highest BCUT2D eigenvalue weighted by Gasteiger charge is 2.39. The van der Waals surface area contributed by atoms with E-state index >= 15 is 0 Å². The average molecular weight is 227 g/mol. The average Bonchev–Trinajstić information content (AvgIpc) is 2.54. The fraction of sp³-hybridized carbons (Fsp3) is 0.917. The van der Waals surface area contributed by atoms with Gasteiger partial charge in [0, 0.05) is 13.1 Å². The van der Waals surface area contributed by atoms with Crippen molar-refractivity contribution < 1.29 is 4.79 Å². The fourth-order valence-electron chi connectivity index (χ4n) is 2.56. The van der Waals surface area contributed by atoms with Gasteiger partial charge in [-0.3, -0.25) is 4.79 Å². The summed E-state index contributed by atoms with van der Waals surface area (Å²) in [6, 6.07) is 0. The van der Waals surface area contributed by atoms with Crippen LogP contribution in [0.1, 0.15) is 45.4 Å². The molecule has 2 aliphatic heterocycles. The van der Waals surface area contributed by atoms with Crippen molar-refractivity contribution in [1.82, 2.24) is 4.90 Å². The van der Waals surface area contributed by atoms with Gasteiger partial charge in [-0.2, -0.15) is 0 Å². The largest absolute Gasteiger partial charge is 0.342 e. The molecule has 2 aliphatic rings. The Morgan fingerprint density at radius 1 is 1.13 bits per heavy atom. The molecule has 3 heteroatoms. The topological polar surface area (TPSA) is 20.3 Å². The van der Waals surface area contributed by atoms with E-state index < -0.39 is 0 Å². The molecule has 15 heavy (non-hydrogen) atoms. The summed E-state index contributed by atoms with van der Waals surface area (Å²) in [5.41, 5.74) is 0. The Bertz CT molecular complexity index is 228. The minimum atomic E-state index is -0.0929. The van der Waals surface area contributed by atoms with Gasteiger partial charge in [-0.15, -0.1) is 11.8 Å². The van der Waals surface area contributed by atoms with Crippen LogP contribution in [-0.4, -0.2) is 34.4 Å². The number of nitrogens with zero attached hydrogens (tertiary/aromatic N) is 1. The standard InChI is InChI=1S/C12H21NOS/c1-12(7-6-10-15-12)11(14)13-8-4-2-3-5-9-13/h2-10H2,1H3. The first kappa shape index (κ1) is 11.3. The maximum atomic E-state index is 12.4. The highest BCUT2D eigenvalue weighted by Crippen LogP contribution is 2.39. The molecule has 0 saturated carbocycles. The van der Waals surface area contributed by atoms with Gasteiger partial charge in [0.15, 0.2) is 0 Å². The molecule has 86 valence electrons. The molecule has 2 rings (SSSR count). The Hall–Kier alpha value is -0.180. The second kappa shape index (κ2) is 4.77. The van der Waals surface area contributed by atoms with Crippen LogP contribution in [0.2, 0.25) is 0 Å². The van der Waals surface area contributed by atoms with E-state index in [-0.39, 0.29) is 4.75 Å². The first-order chi connectivity index (χ1) is 7.22. The van der Waals surface area contributed by atoms with Crippen LogP contribution in [-0.2, 0) is 4.79 Å². The molecule has 2 saturated heterocycles. The van der Waals surface area contributed by atoms with E-state index in [2.05, 4.69) is 11.8 Å². The van der Waals surface area contributed by atoms with Crippen LogP contribution in [0.3, 0.4) is 0 Å². The summed E-state index contributed by atoms with van der Waals surface area (Å²) < 4.78 is -0.0929. The lowest BCUT2D eigenvalue weighted by molar-refractivity contribution is -0.133. The van der Waals surface area contributed by atoms with E-state index in [9.17, 15) is 4.79 Å². The SMILES string of the molecule is CC1(C(=O)N2CCCCCC2)CCCS1. The van der Waals surface area contributed by atoms with Gasteiger partial charge in [-0.1, -0.05) is 12.8 Å². The van der Waals surface area contributed by atoms with Crippen molar-refractivity contribution in [3.05, 3.63) is 0 Å². The molecule has 0 spiro atoms. The van der Waals surface area contributed by atoms with Gasteiger partial charge >= 0.3 is 0 Å². The Labute approximate surface area is 96.8 Å². The zero-order valence-electron chi connectivity index (χ0n) is 9.63. The van der Waals surface area contributed by atoms with Crippen molar-refractivity contribution in [2.75, 3.05) is 18.8 Å². The van der Waals surface area contributed by atoms with E-state index in [1.165, 1.54) is 32.1 Å². The third-order valence-electron chi connectivity index (χ3n) is 3.56. The van der Waals surface area contributed by atoms with Crippen LogP contribution in [0.5, 0.6) is 0 Å². The summed E-state index contributed by atoms with van der Waals surface area (Å²) in [5.74, 6) is 1.57. The monoisotopic (exact) mass is 227 g/mol. The number of amides is 1. The van der Waals surface area contributed by atoms with Gasteiger partial charge in [0.05, 0.1) is 4.75 Å². The molecule has 1 unspecified atom stereocenters. The van der Waals surface area contributed by atoms with Crippen molar-refractivity contribution >= 4 is 17.7 Å².